The lowest BCUT2D eigenvalue weighted by molar-refractivity contribution is -0.122. The minimum Gasteiger partial charge on any atom is -0.476 e. The first-order valence-corrected chi connectivity index (χ1v) is 12.2. The molecule has 0 unspecified atom stereocenters. The van der Waals surface area contributed by atoms with Gasteiger partial charge in [0.2, 0.25) is 10.0 Å². The first-order chi connectivity index (χ1) is 14.3. The van der Waals surface area contributed by atoms with E-state index in [1.807, 2.05) is 0 Å². The zero-order valence-electron chi connectivity index (χ0n) is 16.6. The number of benzene rings is 1. The van der Waals surface area contributed by atoms with E-state index >= 15 is 0 Å². The van der Waals surface area contributed by atoms with Gasteiger partial charge >= 0.3 is 5.97 Å². The maximum atomic E-state index is 13.0. The third-order valence-corrected chi connectivity index (χ3v) is 7.58. The highest BCUT2D eigenvalue weighted by Crippen LogP contribution is 2.39. The van der Waals surface area contributed by atoms with Crippen molar-refractivity contribution < 1.29 is 27.5 Å². The number of methoxy groups -OCH3 is 1. The van der Waals surface area contributed by atoms with Crippen LogP contribution in [0.2, 0.25) is 0 Å². The van der Waals surface area contributed by atoms with Crippen LogP contribution in [-0.2, 0) is 32.4 Å². The number of carbonyl (C=O) groups is 2. The van der Waals surface area contributed by atoms with Gasteiger partial charge in [-0.05, 0) is 43.4 Å². The van der Waals surface area contributed by atoms with Gasteiger partial charge in [0, 0.05) is 4.88 Å². The molecule has 1 amide bonds. The molecule has 0 saturated carbocycles. The van der Waals surface area contributed by atoms with Crippen LogP contribution in [0.4, 0.5) is 10.7 Å². The Morgan fingerprint density at radius 3 is 2.70 bits per heavy atom. The largest absolute Gasteiger partial charge is 0.476 e. The van der Waals surface area contributed by atoms with E-state index in [1.165, 1.54) is 18.4 Å². The SMILES string of the molecule is COC(=O)c1c(NC(=O)[C@H]2CN(S(C)(=O)=O)c3ccccc3O2)sc2c1CCCC2. The molecule has 0 spiro atoms. The van der Waals surface area contributed by atoms with E-state index in [0.717, 1.165) is 46.7 Å². The topological polar surface area (TPSA) is 102 Å². The van der Waals surface area contributed by atoms with Crippen molar-refractivity contribution in [2.45, 2.75) is 31.8 Å². The summed E-state index contributed by atoms with van der Waals surface area (Å²) in [5, 5.41) is 3.21. The Balaban J connectivity index is 1.64. The second-order valence-electron chi connectivity index (χ2n) is 7.26. The highest BCUT2D eigenvalue weighted by molar-refractivity contribution is 7.92. The third-order valence-electron chi connectivity index (χ3n) is 5.23. The van der Waals surface area contributed by atoms with Crippen molar-refractivity contribution in [3.05, 3.63) is 40.3 Å². The average molecular weight is 451 g/mol. The molecule has 160 valence electrons. The number of carbonyl (C=O) groups excluding carboxylic acids is 2. The fraction of sp³-hybridized carbons (Fsp3) is 0.400. The van der Waals surface area contributed by atoms with Crippen molar-refractivity contribution >= 4 is 43.9 Å². The van der Waals surface area contributed by atoms with Crippen LogP contribution in [0.15, 0.2) is 24.3 Å². The van der Waals surface area contributed by atoms with Gasteiger partial charge in [0.25, 0.3) is 5.91 Å². The lowest BCUT2D eigenvalue weighted by Crippen LogP contribution is -2.48. The molecule has 30 heavy (non-hydrogen) atoms. The summed E-state index contributed by atoms with van der Waals surface area (Å²) < 4.78 is 36.4. The van der Waals surface area contributed by atoms with E-state index < -0.39 is 28.0 Å². The first kappa shape index (κ1) is 20.7. The van der Waals surface area contributed by atoms with Crippen LogP contribution < -0.4 is 14.4 Å². The van der Waals surface area contributed by atoms with Crippen LogP contribution >= 0.6 is 11.3 Å². The number of ether oxygens (including phenoxy) is 2. The Morgan fingerprint density at radius 2 is 1.97 bits per heavy atom. The fourth-order valence-electron chi connectivity index (χ4n) is 3.82. The number of nitrogens with one attached hydrogen (secondary N) is 1. The summed E-state index contributed by atoms with van der Waals surface area (Å²) in [6.07, 6.45) is 3.67. The molecule has 1 aromatic heterocycles. The molecule has 2 aromatic rings. The molecule has 0 bridgehead atoms. The zero-order chi connectivity index (χ0) is 21.5. The van der Waals surface area contributed by atoms with Crippen LogP contribution in [0.1, 0.15) is 33.6 Å². The van der Waals surface area contributed by atoms with E-state index in [2.05, 4.69) is 5.32 Å². The number of aryl methyl sites for hydroxylation is 1. The highest BCUT2D eigenvalue weighted by atomic mass is 32.2. The number of sulfonamides is 1. The van der Waals surface area contributed by atoms with Crippen molar-refractivity contribution in [2.75, 3.05) is 29.5 Å². The number of fused-ring (bicyclic) bond motifs is 2. The van der Waals surface area contributed by atoms with E-state index in [-0.39, 0.29) is 6.54 Å². The van der Waals surface area contributed by atoms with Gasteiger partial charge in [-0.25, -0.2) is 13.2 Å². The second kappa shape index (κ2) is 7.92. The molecule has 2 aliphatic rings. The Labute approximate surface area is 178 Å². The Bertz CT molecular complexity index is 1110. The molecule has 1 aliphatic carbocycles. The molecule has 8 nitrogen and oxygen atoms in total. The van der Waals surface area contributed by atoms with Crippen LogP contribution in [0.5, 0.6) is 5.75 Å². The summed E-state index contributed by atoms with van der Waals surface area (Å²) in [6, 6.07) is 6.67. The van der Waals surface area contributed by atoms with Gasteiger partial charge in [-0.2, -0.15) is 0 Å². The second-order valence-corrected chi connectivity index (χ2v) is 10.3. The molecule has 1 aromatic carbocycles. The minimum atomic E-state index is -3.60. The van der Waals surface area contributed by atoms with Crippen molar-refractivity contribution in [1.82, 2.24) is 0 Å². The van der Waals surface area contributed by atoms with E-state index in [1.54, 1.807) is 24.3 Å². The molecule has 0 fully saturated rings. The van der Waals surface area contributed by atoms with E-state index in [0.29, 0.717) is 22.0 Å². The van der Waals surface area contributed by atoms with Crippen LogP contribution in [0.3, 0.4) is 0 Å². The molecule has 4 rings (SSSR count). The number of anilines is 2. The van der Waals surface area contributed by atoms with Gasteiger partial charge in [0.1, 0.15) is 10.8 Å². The molecule has 2 heterocycles. The number of rotatable bonds is 4. The van der Waals surface area contributed by atoms with Gasteiger partial charge in [0.05, 0.1) is 31.2 Å². The quantitative estimate of drug-likeness (QED) is 0.719. The normalized spacial score (nSPS) is 18.1. The smallest absolute Gasteiger partial charge is 0.341 e. The average Bonchev–Trinajstić information content (AvgIpc) is 3.09. The molecular weight excluding hydrogens is 428 g/mol. The number of esters is 1. The first-order valence-electron chi connectivity index (χ1n) is 9.56. The van der Waals surface area contributed by atoms with Crippen molar-refractivity contribution in [3.8, 4) is 5.75 Å². The molecule has 1 aliphatic heterocycles. The van der Waals surface area contributed by atoms with E-state index in [9.17, 15) is 18.0 Å². The highest BCUT2D eigenvalue weighted by Gasteiger charge is 2.36. The lowest BCUT2D eigenvalue weighted by Gasteiger charge is -2.33. The Kier molecular flexibility index (Phi) is 5.46. The third kappa shape index (κ3) is 3.77. The molecule has 1 atom stereocenters. The predicted molar refractivity (Wildman–Crippen MR) is 114 cm³/mol. The standard InChI is InChI=1S/C20H22N2O6S2/c1-27-20(24)17-12-7-3-6-10-16(12)29-19(17)21-18(23)15-11-22(30(2,25)26)13-8-4-5-9-14(13)28-15/h4-5,8-9,15H,3,6-7,10-11H2,1-2H3,(H,21,23)/t15-/m1/s1. The van der Waals surface area contributed by atoms with Crippen molar-refractivity contribution in [3.63, 3.8) is 0 Å². The summed E-state index contributed by atoms with van der Waals surface area (Å²) in [5.41, 5.74) is 1.72. The van der Waals surface area contributed by atoms with Crippen LogP contribution in [0.25, 0.3) is 0 Å². The summed E-state index contributed by atoms with van der Waals surface area (Å²) in [7, 11) is -2.29. The predicted octanol–water partition coefficient (Wildman–Crippen LogP) is 2.58. The zero-order valence-corrected chi connectivity index (χ0v) is 18.3. The van der Waals surface area contributed by atoms with E-state index in [4.69, 9.17) is 9.47 Å². The maximum absolute atomic E-state index is 13.0. The molecule has 0 radical (unpaired) electrons. The van der Waals surface area contributed by atoms with Crippen LogP contribution in [-0.4, -0.2) is 46.3 Å². The minimum absolute atomic E-state index is 0.152. The van der Waals surface area contributed by atoms with Gasteiger partial charge < -0.3 is 14.8 Å². The molecule has 0 saturated heterocycles. The number of thiophene rings is 1. The molecule has 1 N–H and O–H groups in total. The monoisotopic (exact) mass is 450 g/mol. The van der Waals surface area contributed by atoms with Crippen molar-refractivity contribution in [2.24, 2.45) is 0 Å². The Hall–Kier alpha value is -2.59. The number of nitrogens with zero attached hydrogens (tertiary/aromatic N) is 1. The van der Waals surface area contributed by atoms with Crippen LogP contribution in [0, 0.1) is 0 Å². The van der Waals surface area contributed by atoms with Gasteiger partial charge in [-0.15, -0.1) is 11.3 Å². The number of hydrogen-bond acceptors (Lipinski definition) is 7. The summed E-state index contributed by atoms with van der Waals surface area (Å²) in [4.78, 5) is 26.5. The summed E-state index contributed by atoms with van der Waals surface area (Å²) in [5.74, 6) is -0.688. The van der Waals surface area contributed by atoms with Crippen molar-refractivity contribution in [1.29, 1.82) is 0 Å². The van der Waals surface area contributed by atoms with Gasteiger partial charge in [0.15, 0.2) is 6.10 Å². The fourth-order valence-corrected chi connectivity index (χ4v) is 6.01. The van der Waals surface area contributed by atoms with Gasteiger partial charge in [-0.1, -0.05) is 12.1 Å². The number of amides is 1. The maximum Gasteiger partial charge on any atom is 0.341 e. The lowest BCUT2D eigenvalue weighted by atomic mass is 9.95. The molecular formula is C20H22N2O6S2. The van der Waals surface area contributed by atoms with Gasteiger partial charge in [-0.3, -0.25) is 9.10 Å². The number of hydrogen-bond donors (Lipinski definition) is 1. The summed E-state index contributed by atoms with van der Waals surface area (Å²) >= 11 is 1.37. The Morgan fingerprint density at radius 1 is 1.23 bits per heavy atom. The molecule has 10 heteroatoms. The summed E-state index contributed by atoms with van der Waals surface area (Å²) in [6.45, 7) is -0.152. The number of para-hydroxylation sites is 2.